The lowest BCUT2D eigenvalue weighted by molar-refractivity contribution is -0.112. The zero-order chi connectivity index (χ0) is 18.2. The molecule has 0 unspecified atom stereocenters. The SMILES string of the molecule is Cc1cc(=O)[nH]c(SCC(=O)/C=C2/N(C)c3ccccc3C2(C)C)n1. The largest absolute Gasteiger partial charge is 0.347 e. The van der Waals surface area contributed by atoms with Gasteiger partial charge < -0.3 is 9.88 Å². The number of allylic oxidation sites excluding steroid dienone is 2. The average molecular weight is 355 g/mol. The molecule has 6 heteroatoms. The molecule has 0 bridgehead atoms. The van der Waals surface area contributed by atoms with Crippen LogP contribution >= 0.6 is 11.8 Å². The minimum atomic E-state index is -0.221. The molecule has 0 fully saturated rings. The van der Waals surface area contributed by atoms with Crippen LogP contribution in [0.3, 0.4) is 0 Å². The number of hydrogen-bond donors (Lipinski definition) is 1. The first-order chi connectivity index (χ1) is 11.8. The summed E-state index contributed by atoms with van der Waals surface area (Å²) in [6.07, 6.45) is 1.71. The molecule has 3 rings (SSSR count). The summed E-state index contributed by atoms with van der Waals surface area (Å²) in [6, 6.07) is 9.63. The van der Waals surface area contributed by atoms with E-state index in [2.05, 4.69) is 40.8 Å². The number of rotatable bonds is 4. The summed E-state index contributed by atoms with van der Waals surface area (Å²) in [6.45, 7) is 6.01. The summed E-state index contributed by atoms with van der Waals surface area (Å²) in [4.78, 5) is 32.9. The second-order valence-electron chi connectivity index (χ2n) is 6.68. The number of aromatic nitrogens is 2. The Balaban J connectivity index is 1.79. The summed E-state index contributed by atoms with van der Waals surface area (Å²) in [5, 5.41) is 0.471. The smallest absolute Gasteiger partial charge is 0.251 e. The van der Waals surface area contributed by atoms with Gasteiger partial charge in [0, 0.05) is 41.7 Å². The van der Waals surface area contributed by atoms with Crippen molar-refractivity contribution in [3.05, 3.63) is 63.7 Å². The molecule has 0 saturated carbocycles. The van der Waals surface area contributed by atoms with Crippen LogP contribution in [0.5, 0.6) is 0 Å². The predicted octanol–water partition coefficient (Wildman–Crippen LogP) is 3.05. The fraction of sp³-hybridized carbons (Fsp3) is 0.316. The van der Waals surface area contributed by atoms with Gasteiger partial charge in [-0.3, -0.25) is 9.59 Å². The molecule has 130 valence electrons. The number of benzene rings is 1. The maximum Gasteiger partial charge on any atom is 0.251 e. The second-order valence-corrected chi connectivity index (χ2v) is 7.64. The van der Waals surface area contributed by atoms with E-state index >= 15 is 0 Å². The highest BCUT2D eigenvalue weighted by Gasteiger charge is 2.38. The van der Waals surface area contributed by atoms with E-state index in [1.54, 1.807) is 13.0 Å². The van der Waals surface area contributed by atoms with Crippen molar-refractivity contribution in [2.45, 2.75) is 31.3 Å². The number of thioether (sulfide) groups is 1. The Morgan fingerprint density at radius 3 is 2.76 bits per heavy atom. The van der Waals surface area contributed by atoms with Gasteiger partial charge in [0.1, 0.15) is 0 Å². The Morgan fingerprint density at radius 1 is 1.36 bits per heavy atom. The van der Waals surface area contributed by atoms with Crippen molar-refractivity contribution >= 4 is 23.2 Å². The quantitative estimate of drug-likeness (QED) is 0.519. The molecule has 25 heavy (non-hydrogen) atoms. The number of likely N-dealkylation sites (N-methyl/N-ethyl adjacent to an activating group) is 1. The third kappa shape index (κ3) is 3.39. The number of nitrogens with one attached hydrogen (secondary N) is 1. The number of fused-ring (bicyclic) bond motifs is 1. The monoisotopic (exact) mass is 355 g/mol. The number of aryl methyl sites for hydroxylation is 1. The van der Waals surface area contributed by atoms with Gasteiger partial charge in [0.05, 0.1) is 5.75 Å². The fourth-order valence-electron chi connectivity index (χ4n) is 3.21. The van der Waals surface area contributed by atoms with Crippen molar-refractivity contribution in [2.75, 3.05) is 17.7 Å². The highest BCUT2D eigenvalue weighted by molar-refractivity contribution is 7.99. The Hall–Kier alpha value is -2.34. The number of anilines is 1. The third-order valence-electron chi connectivity index (χ3n) is 4.44. The molecule has 0 saturated heterocycles. The zero-order valence-corrected chi connectivity index (χ0v) is 15.6. The lowest BCUT2D eigenvalue weighted by Crippen LogP contribution is -2.24. The van der Waals surface area contributed by atoms with Gasteiger partial charge >= 0.3 is 0 Å². The van der Waals surface area contributed by atoms with Crippen LogP contribution in [-0.4, -0.2) is 28.6 Å². The molecule has 1 aliphatic rings. The van der Waals surface area contributed by atoms with E-state index in [-0.39, 0.29) is 22.5 Å². The molecule has 0 aliphatic carbocycles. The number of ketones is 1. The second kappa shape index (κ2) is 6.52. The maximum absolute atomic E-state index is 12.5. The summed E-state index contributed by atoms with van der Waals surface area (Å²) < 4.78 is 0. The molecule has 0 atom stereocenters. The van der Waals surface area contributed by atoms with Crippen LogP contribution in [0, 0.1) is 6.92 Å². The molecule has 2 aromatic rings. The van der Waals surface area contributed by atoms with Gasteiger partial charge in [0.15, 0.2) is 10.9 Å². The first-order valence-electron chi connectivity index (χ1n) is 8.08. The lowest BCUT2D eigenvalue weighted by atomic mass is 9.83. The summed E-state index contributed by atoms with van der Waals surface area (Å²) in [5.74, 6) is 0.229. The van der Waals surface area contributed by atoms with Crippen LogP contribution in [0.15, 0.2) is 52.1 Å². The number of nitrogens with zero attached hydrogens (tertiary/aromatic N) is 2. The first-order valence-corrected chi connectivity index (χ1v) is 9.06. The van der Waals surface area contributed by atoms with Gasteiger partial charge in [-0.15, -0.1) is 0 Å². The third-order valence-corrected chi connectivity index (χ3v) is 5.33. The van der Waals surface area contributed by atoms with Crippen molar-refractivity contribution in [1.29, 1.82) is 0 Å². The average Bonchev–Trinajstić information content (AvgIpc) is 2.74. The van der Waals surface area contributed by atoms with Crippen molar-refractivity contribution in [3.63, 3.8) is 0 Å². The van der Waals surface area contributed by atoms with E-state index in [0.29, 0.717) is 10.9 Å². The Kier molecular flexibility index (Phi) is 4.56. The van der Waals surface area contributed by atoms with Crippen LogP contribution in [0.4, 0.5) is 5.69 Å². The van der Waals surface area contributed by atoms with Crippen molar-refractivity contribution in [3.8, 4) is 0 Å². The van der Waals surface area contributed by atoms with Gasteiger partial charge in [-0.2, -0.15) is 0 Å². The summed E-state index contributed by atoms with van der Waals surface area (Å²) >= 11 is 1.25. The maximum atomic E-state index is 12.5. The van der Waals surface area contributed by atoms with Crippen molar-refractivity contribution < 1.29 is 4.79 Å². The van der Waals surface area contributed by atoms with Gasteiger partial charge in [-0.05, 0) is 18.6 Å². The van der Waals surface area contributed by atoms with Crippen molar-refractivity contribution in [2.24, 2.45) is 0 Å². The Bertz CT molecular complexity index is 915. The minimum Gasteiger partial charge on any atom is -0.347 e. The number of aromatic amines is 1. The number of hydrogen-bond acceptors (Lipinski definition) is 5. The number of H-pyrrole nitrogens is 1. The zero-order valence-electron chi connectivity index (χ0n) is 14.8. The molecule has 1 aliphatic heterocycles. The Labute approximate surface area is 151 Å². The topological polar surface area (TPSA) is 66.1 Å². The van der Waals surface area contributed by atoms with E-state index in [1.165, 1.54) is 23.4 Å². The van der Waals surface area contributed by atoms with Crippen molar-refractivity contribution in [1.82, 2.24) is 9.97 Å². The Morgan fingerprint density at radius 2 is 2.08 bits per heavy atom. The predicted molar refractivity (Wildman–Crippen MR) is 101 cm³/mol. The molecule has 5 nitrogen and oxygen atoms in total. The molecule has 0 spiro atoms. The van der Waals surface area contributed by atoms with Gasteiger partial charge in [-0.1, -0.05) is 43.8 Å². The van der Waals surface area contributed by atoms with Crippen LogP contribution < -0.4 is 10.5 Å². The van der Waals surface area contributed by atoms with Crippen LogP contribution in [0.25, 0.3) is 0 Å². The van der Waals surface area contributed by atoms with Crippen LogP contribution in [0.1, 0.15) is 25.1 Å². The molecule has 0 radical (unpaired) electrons. The van der Waals surface area contributed by atoms with Crippen LogP contribution in [0.2, 0.25) is 0 Å². The molecular weight excluding hydrogens is 334 g/mol. The molecule has 1 N–H and O–H groups in total. The van der Waals surface area contributed by atoms with E-state index in [1.807, 2.05) is 19.2 Å². The van der Waals surface area contributed by atoms with Gasteiger partial charge in [0.25, 0.3) is 5.56 Å². The van der Waals surface area contributed by atoms with E-state index in [4.69, 9.17) is 0 Å². The molecule has 0 amide bonds. The minimum absolute atomic E-state index is 0.00288. The summed E-state index contributed by atoms with van der Waals surface area (Å²) in [7, 11) is 1.99. The van der Waals surface area contributed by atoms with E-state index in [0.717, 1.165) is 11.4 Å². The number of carbonyl (C=O) groups is 1. The number of para-hydroxylation sites is 1. The standard InChI is InChI=1S/C19H21N3O2S/c1-12-9-17(24)21-18(20-12)25-11-13(23)10-16-19(2,3)14-7-5-6-8-15(14)22(16)4/h5-10H,11H2,1-4H3,(H,20,21,24)/b16-10+. The first kappa shape index (κ1) is 17.5. The molecular formula is C19H21N3O2S. The highest BCUT2D eigenvalue weighted by Crippen LogP contribution is 2.46. The molecule has 1 aromatic heterocycles. The van der Waals surface area contributed by atoms with Crippen LogP contribution in [-0.2, 0) is 10.2 Å². The lowest BCUT2D eigenvalue weighted by Gasteiger charge is -2.23. The van der Waals surface area contributed by atoms with E-state index in [9.17, 15) is 9.59 Å². The van der Waals surface area contributed by atoms with E-state index < -0.39 is 0 Å². The highest BCUT2D eigenvalue weighted by atomic mass is 32.2. The summed E-state index contributed by atoms with van der Waals surface area (Å²) in [5.41, 5.74) is 3.54. The molecule has 1 aromatic carbocycles. The van der Waals surface area contributed by atoms with Gasteiger partial charge in [0.2, 0.25) is 0 Å². The van der Waals surface area contributed by atoms with Gasteiger partial charge in [-0.25, -0.2) is 4.98 Å². The number of carbonyl (C=O) groups excluding carboxylic acids is 1. The fourth-order valence-corrected chi connectivity index (χ4v) is 3.96. The normalized spacial score (nSPS) is 17.0. The molecule has 2 heterocycles.